The van der Waals surface area contributed by atoms with E-state index in [-0.39, 0.29) is 0 Å². The molecule has 1 N–H and O–H groups in total. The van der Waals surface area contributed by atoms with Gasteiger partial charge in [-0.3, -0.25) is 0 Å². The van der Waals surface area contributed by atoms with Gasteiger partial charge in [0, 0.05) is 50.3 Å². The molecule has 1 saturated heterocycles. The van der Waals surface area contributed by atoms with Crippen molar-refractivity contribution >= 4 is 11.9 Å². The summed E-state index contributed by atoms with van der Waals surface area (Å²) in [5, 5.41) is 7.12. The third-order valence-electron chi connectivity index (χ3n) is 4.86. The van der Waals surface area contributed by atoms with Gasteiger partial charge in [0.15, 0.2) is 0 Å². The van der Waals surface area contributed by atoms with E-state index in [1.54, 1.807) is 0 Å². The predicted octanol–water partition coefficient (Wildman–Crippen LogP) is 2.04. The number of hydrogen-bond acceptors (Lipinski definition) is 6. The van der Waals surface area contributed by atoms with Crippen molar-refractivity contribution in [2.24, 2.45) is 5.92 Å². The summed E-state index contributed by atoms with van der Waals surface area (Å²) in [6.45, 7) is 6.46. The number of carboxylic acids is 1. The molecule has 8 nitrogen and oxygen atoms in total. The normalized spacial score (nSPS) is 19.8. The second kappa shape index (κ2) is 9.21. The largest absolute Gasteiger partial charge is 0.490 e. The lowest BCUT2D eigenvalue weighted by molar-refractivity contribution is -0.192. The molecule has 2 aliphatic heterocycles. The number of rotatable bonds is 3. The number of carbonyl (C=O) groups is 1. The molecule has 1 unspecified atom stereocenters. The lowest BCUT2D eigenvalue weighted by Gasteiger charge is -2.27. The average molecular weight is 412 g/mol. The molecule has 0 aromatic carbocycles. The minimum Gasteiger partial charge on any atom is -0.475 e. The highest BCUT2D eigenvalue weighted by Crippen LogP contribution is 2.21. The van der Waals surface area contributed by atoms with Gasteiger partial charge in [0.2, 0.25) is 5.95 Å². The molecule has 0 aliphatic carbocycles. The Morgan fingerprint density at radius 2 is 1.76 bits per heavy atom. The number of alkyl halides is 3. The SMILES string of the molecule is O=C(O)C(F)(F)F.c1cnc(N2Cc3nccn3CC(CN3CCCC3)C2)nc1. The van der Waals surface area contributed by atoms with E-state index in [0.717, 1.165) is 38.0 Å². The lowest BCUT2D eigenvalue weighted by atomic mass is 10.1. The Hall–Kier alpha value is -2.69. The Bertz CT molecular complexity index is 792. The first-order valence-electron chi connectivity index (χ1n) is 9.37. The van der Waals surface area contributed by atoms with Crippen LogP contribution in [0.3, 0.4) is 0 Å². The number of anilines is 1. The van der Waals surface area contributed by atoms with E-state index in [2.05, 4.69) is 35.5 Å². The molecule has 2 aromatic rings. The van der Waals surface area contributed by atoms with Gasteiger partial charge in [-0.05, 0) is 32.0 Å². The smallest absolute Gasteiger partial charge is 0.475 e. The molecule has 4 rings (SSSR count). The summed E-state index contributed by atoms with van der Waals surface area (Å²) in [5.74, 6) is -0.258. The van der Waals surface area contributed by atoms with Crippen LogP contribution in [0.2, 0.25) is 0 Å². The number of likely N-dealkylation sites (tertiary alicyclic amines) is 1. The molecule has 0 radical (unpaired) electrons. The van der Waals surface area contributed by atoms with Crippen molar-refractivity contribution in [1.29, 1.82) is 0 Å². The summed E-state index contributed by atoms with van der Waals surface area (Å²) < 4.78 is 34.0. The second-order valence-electron chi connectivity index (χ2n) is 7.10. The Balaban J connectivity index is 0.000000298. The highest BCUT2D eigenvalue weighted by Gasteiger charge is 2.38. The number of aromatic nitrogens is 4. The summed E-state index contributed by atoms with van der Waals surface area (Å²) in [5.41, 5.74) is 0. The fourth-order valence-corrected chi connectivity index (χ4v) is 3.59. The summed E-state index contributed by atoms with van der Waals surface area (Å²) in [4.78, 5) is 27.1. The zero-order valence-electron chi connectivity index (χ0n) is 15.8. The van der Waals surface area contributed by atoms with Crippen molar-refractivity contribution < 1.29 is 23.1 Å². The fraction of sp³-hybridized carbons (Fsp3) is 0.556. The first-order chi connectivity index (χ1) is 13.8. The minimum absolute atomic E-state index is 0.581. The standard InChI is InChI=1S/C16H22N6.C2HF3O2/c1-2-8-20(7-1)10-14-11-21-9-6-17-15(21)13-22(12-14)16-18-4-3-5-19-16;3-2(4,5)1(6)7/h3-6,9,14H,1-2,7-8,10-13H2;(H,6,7). The van der Waals surface area contributed by atoms with E-state index in [1.807, 2.05) is 24.7 Å². The molecule has 0 amide bonds. The molecule has 2 aromatic heterocycles. The molecule has 0 bridgehead atoms. The van der Waals surface area contributed by atoms with Gasteiger partial charge in [-0.25, -0.2) is 19.7 Å². The fourth-order valence-electron chi connectivity index (χ4n) is 3.59. The minimum atomic E-state index is -5.08. The predicted molar refractivity (Wildman–Crippen MR) is 98.2 cm³/mol. The highest BCUT2D eigenvalue weighted by molar-refractivity contribution is 5.73. The van der Waals surface area contributed by atoms with E-state index in [0.29, 0.717) is 5.92 Å². The van der Waals surface area contributed by atoms with Crippen LogP contribution in [-0.2, 0) is 17.9 Å². The zero-order valence-corrected chi connectivity index (χ0v) is 15.8. The van der Waals surface area contributed by atoms with E-state index in [1.165, 1.54) is 25.9 Å². The summed E-state index contributed by atoms with van der Waals surface area (Å²) in [7, 11) is 0. The molecular weight excluding hydrogens is 389 g/mol. The van der Waals surface area contributed by atoms with Crippen LogP contribution in [0.4, 0.5) is 19.1 Å². The van der Waals surface area contributed by atoms with Crippen molar-refractivity contribution in [3.63, 3.8) is 0 Å². The number of imidazole rings is 1. The van der Waals surface area contributed by atoms with Crippen molar-refractivity contribution in [2.75, 3.05) is 31.1 Å². The summed E-state index contributed by atoms with van der Waals surface area (Å²) in [6.07, 6.45) is 5.23. The van der Waals surface area contributed by atoms with E-state index in [4.69, 9.17) is 9.90 Å². The van der Waals surface area contributed by atoms with Crippen molar-refractivity contribution in [3.8, 4) is 0 Å². The van der Waals surface area contributed by atoms with Crippen LogP contribution in [0, 0.1) is 5.92 Å². The third-order valence-corrected chi connectivity index (χ3v) is 4.86. The van der Waals surface area contributed by atoms with Gasteiger partial charge in [-0.1, -0.05) is 0 Å². The summed E-state index contributed by atoms with van der Waals surface area (Å²) in [6, 6.07) is 1.87. The Kier molecular flexibility index (Phi) is 6.68. The van der Waals surface area contributed by atoms with Crippen molar-refractivity contribution in [3.05, 3.63) is 36.7 Å². The van der Waals surface area contributed by atoms with Crippen LogP contribution in [0.5, 0.6) is 0 Å². The summed E-state index contributed by atoms with van der Waals surface area (Å²) >= 11 is 0. The number of hydrogen-bond donors (Lipinski definition) is 1. The number of halogens is 3. The Morgan fingerprint density at radius 3 is 2.38 bits per heavy atom. The van der Waals surface area contributed by atoms with Gasteiger partial charge < -0.3 is 19.5 Å². The average Bonchev–Trinajstić information content (AvgIpc) is 3.31. The molecule has 4 heterocycles. The molecule has 0 spiro atoms. The van der Waals surface area contributed by atoms with Crippen molar-refractivity contribution in [2.45, 2.75) is 32.1 Å². The molecule has 158 valence electrons. The first-order valence-corrected chi connectivity index (χ1v) is 9.37. The maximum Gasteiger partial charge on any atom is 0.490 e. The third kappa shape index (κ3) is 5.89. The topological polar surface area (TPSA) is 87.4 Å². The molecule has 2 aliphatic rings. The Morgan fingerprint density at radius 1 is 1.10 bits per heavy atom. The van der Waals surface area contributed by atoms with E-state index in [9.17, 15) is 13.2 Å². The van der Waals surface area contributed by atoms with Crippen LogP contribution in [0.15, 0.2) is 30.9 Å². The quantitative estimate of drug-likeness (QED) is 0.826. The van der Waals surface area contributed by atoms with E-state index >= 15 is 0 Å². The molecule has 1 fully saturated rings. The first kappa shape index (κ1) is 21.0. The van der Waals surface area contributed by atoms with Crippen LogP contribution in [0.1, 0.15) is 18.7 Å². The second-order valence-corrected chi connectivity index (χ2v) is 7.10. The van der Waals surface area contributed by atoms with Crippen LogP contribution in [-0.4, -0.2) is 67.9 Å². The molecule has 1 atom stereocenters. The molecule has 11 heteroatoms. The van der Waals surface area contributed by atoms with Gasteiger partial charge in [-0.15, -0.1) is 0 Å². The van der Waals surface area contributed by atoms with Gasteiger partial charge in [-0.2, -0.15) is 13.2 Å². The number of fused-ring (bicyclic) bond motifs is 1. The highest BCUT2D eigenvalue weighted by atomic mass is 19.4. The molecule has 0 saturated carbocycles. The van der Waals surface area contributed by atoms with Gasteiger partial charge >= 0.3 is 12.1 Å². The van der Waals surface area contributed by atoms with E-state index < -0.39 is 12.1 Å². The maximum absolute atomic E-state index is 10.6. The van der Waals surface area contributed by atoms with Crippen LogP contribution >= 0.6 is 0 Å². The van der Waals surface area contributed by atoms with Gasteiger partial charge in [0.25, 0.3) is 0 Å². The molecule has 29 heavy (non-hydrogen) atoms. The maximum atomic E-state index is 10.6. The molecular formula is C18H23F3N6O2. The number of nitrogens with zero attached hydrogens (tertiary/aromatic N) is 6. The zero-order chi connectivity index (χ0) is 20.9. The van der Waals surface area contributed by atoms with Gasteiger partial charge in [0.05, 0.1) is 6.54 Å². The van der Waals surface area contributed by atoms with Crippen LogP contribution < -0.4 is 4.90 Å². The van der Waals surface area contributed by atoms with Crippen molar-refractivity contribution in [1.82, 2.24) is 24.4 Å². The number of aliphatic carboxylic acids is 1. The van der Waals surface area contributed by atoms with Gasteiger partial charge in [0.1, 0.15) is 5.82 Å². The lowest BCUT2D eigenvalue weighted by Crippen LogP contribution is -2.36. The number of carboxylic acid groups (broad SMARTS) is 1. The Labute approximate surface area is 166 Å². The van der Waals surface area contributed by atoms with Crippen LogP contribution in [0.25, 0.3) is 0 Å². The monoisotopic (exact) mass is 412 g/mol.